The Bertz CT molecular complexity index is 627. The van der Waals surface area contributed by atoms with Crippen LogP contribution in [0.15, 0.2) is 24.3 Å². The monoisotopic (exact) mass is 302 g/mol. The molecule has 0 unspecified atom stereocenters. The number of benzene rings is 1. The van der Waals surface area contributed by atoms with Gasteiger partial charge in [-0.05, 0) is 16.5 Å². The molecule has 2 N–H and O–H groups in total. The lowest BCUT2D eigenvalue weighted by Crippen LogP contribution is -2.16. The molecular formula is C18H26N2S. The Kier molecular flexibility index (Phi) is 4.16. The molecule has 3 heteroatoms. The Hall–Kier alpha value is -1.35. The second kappa shape index (κ2) is 5.45. The lowest BCUT2D eigenvalue weighted by molar-refractivity contribution is 0.566. The molecule has 0 saturated heterocycles. The van der Waals surface area contributed by atoms with E-state index in [9.17, 15) is 0 Å². The van der Waals surface area contributed by atoms with E-state index in [1.807, 2.05) is 0 Å². The van der Waals surface area contributed by atoms with E-state index in [1.54, 1.807) is 11.3 Å². The van der Waals surface area contributed by atoms with Crippen molar-refractivity contribution < 1.29 is 0 Å². The number of nitrogens with zero attached hydrogens (tertiary/aromatic N) is 1. The van der Waals surface area contributed by atoms with Crippen molar-refractivity contribution in [2.75, 3.05) is 5.73 Å². The van der Waals surface area contributed by atoms with Gasteiger partial charge >= 0.3 is 0 Å². The van der Waals surface area contributed by atoms with Gasteiger partial charge in [0.05, 0.1) is 5.69 Å². The van der Waals surface area contributed by atoms with Crippen molar-refractivity contribution >= 4 is 16.5 Å². The van der Waals surface area contributed by atoms with Crippen molar-refractivity contribution in [2.45, 2.75) is 58.8 Å². The van der Waals surface area contributed by atoms with Gasteiger partial charge in [0.1, 0.15) is 0 Å². The molecule has 0 amide bonds. The topological polar surface area (TPSA) is 38.9 Å². The van der Waals surface area contributed by atoms with Crippen LogP contribution in [-0.2, 0) is 17.3 Å². The Morgan fingerprint density at radius 3 is 2.19 bits per heavy atom. The second-order valence-corrected chi connectivity index (χ2v) is 8.77. The Morgan fingerprint density at radius 1 is 1.00 bits per heavy atom. The van der Waals surface area contributed by atoms with Crippen molar-refractivity contribution in [1.82, 2.24) is 4.98 Å². The summed E-state index contributed by atoms with van der Waals surface area (Å²) >= 11 is 1.62. The van der Waals surface area contributed by atoms with Crippen molar-refractivity contribution in [2.24, 2.45) is 0 Å². The van der Waals surface area contributed by atoms with Gasteiger partial charge in [-0.1, -0.05) is 65.8 Å². The summed E-state index contributed by atoms with van der Waals surface area (Å²) in [5, 5.41) is 0.670. The first-order valence-electron chi connectivity index (χ1n) is 7.43. The molecule has 114 valence electrons. The summed E-state index contributed by atoms with van der Waals surface area (Å²) in [4.78, 5) is 5.85. The third-order valence-corrected chi connectivity index (χ3v) is 4.49. The van der Waals surface area contributed by atoms with E-state index in [0.29, 0.717) is 5.13 Å². The summed E-state index contributed by atoms with van der Waals surface area (Å²) in [6.07, 6.45) is 0.912. The van der Waals surface area contributed by atoms with Crippen LogP contribution in [0.4, 0.5) is 5.13 Å². The van der Waals surface area contributed by atoms with Crippen LogP contribution in [0.5, 0.6) is 0 Å². The van der Waals surface area contributed by atoms with Gasteiger partial charge in [0.2, 0.25) is 0 Å². The molecule has 1 aromatic heterocycles. The van der Waals surface area contributed by atoms with Crippen LogP contribution in [-0.4, -0.2) is 4.98 Å². The van der Waals surface area contributed by atoms with Crippen LogP contribution in [0.1, 0.15) is 63.2 Å². The number of anilines is 1. The summed E-state index contributed by atoms with van der Waals surface area (Å²) in [6, 6.07) is 8.70. The molecular weight excluding hydrogens is 276 g/mol. The highest BCUT2D eigenvalue weighted by atomic mass is 32.1. The number of aromatic nitrogens is 1. The third kappa shape index (κ3) is 3.65. The third-order valence-electron chi connectivity index (χ3n) is 3.60. The van der Waals surface area contributed by atoms with E-state index in [0.717, 1.165) is 12.1 Å². The van der Waals surface area contributed by atoms with Gasteiger partial charge < -0.3 is 5.73 Å². The molecule has 0 fully saturated rings. The van der Waals surface area contributed by atoms with Gasteiger partial charge in [-0.3, -0.25) is 0 Å². The molecule has 1 heterocycles. The number of hydrogen-bond donors (Lipinski definition) is 1. The molecule has 21 heavy (non-hydrogen) atoms. The van der Waals surface area contributed by atoms with E-state index in [1.165, 1.54) is 16.0 Å². The second-order valence-electron chi connectivity index (χ2n) is 7.66. The maximum Gasteiger partial charge on any atom is 0.180 e. The van der Waals surface area contributed by atoms with E-state index >= 15 is 0 Å². The minimum atomic E-state index is 0.0279. The van der Waals surface area contributed by atoms with Gasteiger partial charge in [0.15, 0.2) is 5.13 Å². The maximum atomic E-state index is 5.96. The predicted molar refractivity (Wildman–Crippen MR) is 93.2 cm³/mol. The zero-order valence-corrected chi connectivity index (χ0v) is 14.8. The minimum Gasteiger partial charge on any atom is -0.375 e. The molecule has 2 nitrogen and oxygen atoms in total. The molecule has 0 radical (unpaired) electrons. The first kappa shape index (κ1) is 16.0. The zero-order chi connectivity index (χ0) is 15.8. The van der Waals surface area contributed by atoms with E-state index in [4.69, 9.17) is 5.73 Å². The smallest absolute Gasteiger partial charge is 0.180 e. The first-order chi connectivity index (χ1) is 9.59. The van der Waals surface area contributed by atoms with Crippen molar-refractivity contribution in [3.8, 4) is 0 Å². The highest BCUT2D eigenvalue weighted by Gasteiger charge is 2.24. The number of thiazole rings is 1. The van der Waals surface area contributed by atoms with Crippen molar-refractivity contribution in [3.05, 3.63) is 46.0 Å². The molecule has 0 aliphatic rings. The molecule has 2 rings (SSSR count). The van der Waals surface area contributed by atoms with Crippen molar-refractivity contribution in [3.63, 3.8) is 0 Å². The largest absolute Gasteiger partial charge is 0.375 e. The molecule has 2 aromatic rings. The summed E-state index contributed by atoms with van der Waals surface area (Å²) in [5.74, 6) is 0. The lowest BCUT2D eigenvalue weighted by atomic mass is 9.82. The minimum absolute atomic E-state index is 0.0279. The summed E-state index contributed by atoms with van der Waals surface area (Å²) in [5.41, 5.74) is 10.0. The van der Waals surface area contributed by atoms with Gasteiger partial charge in [-0.15, -0.1) is 11.3 Å². The Morgan fingerprint density at radius 2 is 1.62 bits per heavy atom. The lowest BCUT2D eigenvalue weighted by Gasteiger charge is -2.23. The number of hydrogen-bond acceptors (Lipinski definition) is 3. The van der Waals surface area contributed by atoms with Crippen LogP contribution in [0.25, 0.3) is 0 Å². The highest BCUT2D eigenvalue weighted by Crippen LogP contribution is 2.34. The fraction of sp³-hybridized carbons (Fsp3) is 0.500. The average Bonchev–Trinajstić information content (AvgIpc) is 2.69. The van der Waals surface area contributed by atoms with Gasteiger partial charge in [-0.2, -0.15) is 0 Å². The Labute approximate surface area is 132 Å². The summed E-state index contributed by atoms with van der Waals surface area (Å²) in [7, 11) is 0. The van der Waals surface area contributed by atoms with Crippen LogP contribution < -0.4 is 5.73 Å². The van der Waals surface area contributed by atoms with E-state index in [-0.39, 0.29) is 10.8 Å². The Balaban J connectivity index is 2.45. The van der Waals surface area contributed by atoms with Crippen molar-refractivity contribution in [1.29, 1.82) is 0 Å². The van der Waals surface area contributed by atoms with Crippen LogP contribution >= 0.6 is 11.3 Å². The standard InChI is InChI=1S/C18H26N2S/c1-17(2,3)13-10-8-7-9-12(13)11-14-15(18(4,5)6)20-16(19)21-14/h7-10H,11H2,1-6H3,(H2,19,20). The quantitative estimate of drug-likeness (QED) is 0.856. The fourth-order valence-corrected chi connectivity index (χ4v) is 3.72. The van der Waals surface area contributed by atoms with Gasteiger partial charge in [0, 0.05) is 16.7 Å². The summed E-state index contributed by atoms with van der Waals surface area (Å²) in [6.45, 7) is 13.4. The first-order valence-corrected chi connectivity index (χ1v) is 8.25. The highest BCUT2D eigenvalue weighted by molar-refractivity contribution is 7.15. The number of nitrogen functional groups attached to an aromatic ring is 1. The van der Waals surface area contributed by atoms with E-state index < -0.39 is 0 Å². The van der Waals surface area contributed by atoms with Crippen LogP contribution in [0.2, 0.25) is 0 Å². The molecule has 0 spiro atoms. The van der Waals surface area contributed by atoms with Gasteiger partial charge in [0.25, 0.3) is 0 Å². The number of nitrogens with two attached hydrogens (primary N) is 1. The van der Waals surface area contributed by atoms with Crippen LogP contribution in [0, 0.1) is 0 Å². The molecule has 0 aliphatic heterocycles. The molecule has 0 atom stereocenters. The SMILES string of the molecule is CC(C)(C)c1ccccc1Cc1sc(N)nc1C(C)(C)C. The number of rotatable bonds is 2. The fourth-order valence-electron chi connectivity index (χ4n) is 2.65. The maximum absolute atomic E-state index is 5.96. The molecule has 0 saturated carbocycles. The predicted octanol–water partition coefficient (Wildman–Crippen LogP) is 4.91. The molecule has 0 aliphatic carbocycles. The summed E-state index contributed by atoms with van der Waals surface area (Å²) < 4.78 is 0. The zero-order valence-electron chi connectivity index (χ0n) is 13.9. The normalized spacial score (nSPS) is 12.7. The van der Waals surface area contributed by atoms with E-state index in [2.05, 4.69) is 70.8 Å². The average molecular weight is 302 g/mol. The molecule has 0 bridgehead atoms. The molecule has 1 aromatic carbocycles. The van der Waals surface area contributed by atoms with Gasteiger partial charge in [-0.25, -0.2) is 4.98 Å². The van der Waals surface area contributed by atoms with Crippen LogP contribution in [0.3, 0.4) is 0 Å².